The molecule has 0 aromatic heterocycles. The van der Waals surface area contributed by atoms with Crippen LogP contribution in [0.25, 0.3) is 0 Å². The van der Waals surface area contributed by atoms with E-state index in [2.05, 4.69) is 13.8 Å². The molecule has 1 aromatic rings. The van der Waals surface area contributed by atoms with Crippen molar-refractivity contribution in [2.45, 2.75) is 31.6 Å². The van der Waals surface area contributed by atoms with Crippen LogP contribution < -0.4 is 0 Å². The zero-order valence-corrected chi connectivity index (χ0v) is 10.1. The lowest BCUT2D eigenvalue weighted by molar-refractivity contribution is 0.144. The summed E-state index contributed by atoms with van der Waals surface area (Å²) in [6.45, 7) is 6.16. The molecule has 0 radical (unpaired) electrons. The molecule has 0 saturated carbocycles. The molecule has 1 N–H and O–H groups in total. The van der Waals surface area contributed by atoms with Gasteiger partial charge in [-0.15, -0.1) is 0 Å². The van der Waals surface area contributed by atoms with Gasteiger partial charge in [0.1, 0.15) is 0 Å². The van der Waals surface area contributed by atoms with Gasteiger partial charge in [-0.05, 0) is 32.6 Å². The van der Waals surface area contributed by atoms with E-state index in [0.29, 0.717) is 0 Å². The van der Waals surface area contributed by atoms with E-state index in [-0.39, 0.29) is 4.75 Å². The van der Waals surface area contributed by atoms with Crippen molar-refractivity contribution in [3.8, 4) is 0 Å². The molecular formula is C12H18OS. The highest BCUT2D eigenvalue weighted by molar-refractivity contribution is 7.99. The summed E-state index contributed by atoms with van der Waals surface area (Å²) in [5.74, 6) is 0. The summed E-state index contributed by atoms with van der Waals surface area (Å²) in [4.78, 5) is 0. The molecule has 0 aliphatic heterocycles. The third kappa shape index (κ3) is 2.52. The van der Waals surface area contributed by atoms with Crippen LogP contribution in [-0.2, 0) is 0 Å². The molecule has 0 heterocycles. The van der Waals surface area contributed by atoms with Crippen LogP contribution in [0.3, 0.4) is 0 Å². The first kappa shape index (κ1) is 11.6. The highest BCUT2D eigenvalue weighted by Crippen LogP contribution is 2.35. The molecule has 0 aliphatic carbocycles. The van der Waals surface area contributed by atoms with E-state index >= 15 is 0 Å². The minimum Gasteiger partial charge on any atom is -0.387 e. The Kier molecular flexibility index (Phi) is 3.62. The van der Waals surface area contributed by atoms with Crippen molar-refractivity contribution in [1.82, 2.24) is 0 Å². The van der Waals surface area contributed by atoms with Crippen molar-refractivity contribution in [3.05, 3.63) is 35.4 Å². The van der Waals surface area contributed by atoms with E-state index in [0.717, 1.165) is 5.56 Å². The van der Waals surface area contributed by atoms with Gasteiger partial charge < -0.3 is 5.11 Å². The van der Waals surface area contributed by atoms with Gasteiger partial charge in [0.2, 0.25) is 0 Å². The molecule has 0 amide bonds. The van der Waals surface area contributed by atoms with Gasteiger partial charge in [0, 0.05) is 4.75 Å². The van der Waals surface area contributed by atoms with E-state index < -0.39 is 6.10 Å². The summed E-state index contributed by atoms with van der Waals surface area (Å²) in [6.07, 6.45) is 1.62. The second kappa shape index (κ2) is 4.37. The predicted octanol–water partition coefficient (Wildman–Crippen LogP) is 3.17. The van der Waals surface area contributed by atoms with Gasteiger partial charge in [0.15, 0.2) is 0 Å². The maximum absolute atomic E-state index is 10.2. The first-order valence-electron chi connectivity index (χ1n) is 4.77. The minimum absolute atomic E-state index is 0.131. The molecule has 0 aliphatic rings. The van der Waals surface area contributed by atoms with Gasteiger partial charge in [0.25, 0.3) is 0 Å². The van der Waals surface area contributed by atoms with Gasteiger partial charge in [-0.1, -0.05) is 29.8 Å². The number of thioether (sulfide) groups is 1. The van der Waals surface area contributed by atoms with E-state index in [4.69, 9.17) is 0 Å². The first-order valence-corrected chi connectivity index (χ1v) is 5.99. The molecule has 1 atom stereocenters. The number of aliphatic hydroxyl groups is 1. The molecule has 0 fully saturated rings. The number of hydrogen-bond acceptors (Lipinski definition) is 2. The fourth-order valence-electron chi connectivity index (χ4n) is 1.35. The lowest BCUT2D eigenvalue weighted by Gasteiger charge is -2.28. The van der Waals surface area contributed by atoms with E-state index in [1.54, 1.807) is 11.8 Å². The molecular weight excluding hydrogens is 192 g/mol. The monoisotopic (exact) mass is 210 g/mol. The molecule has 0 saturated heterocycles. The molecule has 1 aromatic carbocycles. The van der Waals surface area contributed by atoms with Crippen molar-refractivity contribution in [1.29, 1.82) is 0 Å². The third-order valence-electron chi connectivity index (χ3n) is 2.54. The molecule has 1 rings (SSSR count). The Morgan fingerprint density at radius 3 is 2.50 bits per heavy atom. The van der Waals surface area contributed by atoms with Crippen LogP contribution in [0.1, 0.15) is 31.1 Å². The summed E-state index contributed by atoms with van der Waals surface area (Å²) in [5.41, 5.74) is 2.20. The average Bonchev–Trinajstić information content (AvgIpc) is 2.16. The fourth-order valence-corrected chi connectivity index (χ4v) is 1.71. The van der Waals surface area contributed by atoms with Crippen LogP contribution in [0.2, 0.25) is 0 Å². The van der Waals surface area contributed by atoms with Crippen molar-refractivity contribution in [2.75, 3.05) is 6.26 Å². The third-order valence-corrected chi connectivity index (χ3v) is 3.82. The lowest BCUT2D eigenvalue weighted by atomic mass is 9.97. The van der Waals surface area contributed by atoms with Gasteiger partial charge in [-0.2, -0.15) is 11.8 Å². The van der Waals surface area contributed by atoms with Crippen LogP contribution in [0, 0.1) is 6.92 Å². The Bertz CT molecular complexity index is 307. The standard InChI is InChI=1S/C12H18OS/c1-9-6-5-7-10(8-9)11(13)12(2,3)14-4/h5-8,11,13H,1-4H3. The zero-order chi connectivity index (χ0) is 10.8. The Morgan fingerprint density at radius 1 is 1.36 bits per heavy atom. The number of aryl methyl sites for hydroxylation is 1. The Labute approximate surface area is 90.5 Å². The Balaban J connectivity index is 2.94. The molecule has 1 unspecified atom stereocenters. The molecule has 14 heavy (non-hydrogen) atoms. The smallest absolute Gasteiger partial charge is 0.0931 e. The van der Waals surface area contributed by atoms with Crippen molar-refractivity contribution >= 4 is 11.8 Å². The van der Waals surface area contributed by atoms with E-state index in [9.17, 15) is 5.11 Å². The summed E-state index contributed by atoms with van der Waals surface area (Å²) in [5, 5.41) is 10.2. The van der Waals surface area contributed by atoms with E-state index in [1.165, 1.54) is 5.56 Å². The average molecular weight is 210 g/mol. The fraction of sp³-hybridized carbons (Fsp3) is 0.500. The Hall–Kier alpha value is -0.470. The van der Waals surface area contributed by atoms with Gasteiger partial charge >= 0.3 is 0 Å². The van der Waals surface area contributed by atoms with Crippen LogP contribution in [0.4, 0.5) is 0 Å². The van der Waals surface area contributed by atoms with Crippen LogP contribution in [0.5, 0.6) is 0 Å². The number of rotatable bonds is 3. The molecule has 0 spiro atoms. The predicted molar refractivity (Wildman–Crippen MR) is 63.7 cm³/mol. The van der Waals surface area contributed by atoms with E-state index in [1.807, 2.05) is 37.4 Å². The van der Waals surface area contributed by atoms with Crippen molar-refractivity contribution < 1.29 is 5.11 Å². The lowest BCUT2D eigenvalue weighted by Crippen LogP contribution is -2.24. The van der Waals surface area contributed by atoms with Gasteiger partial charge in [0.05, 0.1) is 6.10 Å². The minimum atomic E-state index is -0.405. The van der Waals surface area contributed by atoms with Crippen molar-refractivity contribution in [2.24, 2.45) is 0 Å². The maximum Gasteiger partial charge on any atom is 0.0931 e. The number of aliphatic hydroxyl groups excluding tert-OH is 1. The molecule has 2 heteroatoms. The van der Waals surface area contributed by atoms with Crippen LogP contribution >= 0.6 is 11.8 Å². The number of hydrogen-bond donors (Lipinski definition) is 1. The quantitative estimate of drug-likeness (QED) is 0.827. The highest BCUT2D eigenvalue weighted by atomic mass is 32.2. The van der Waals surface area contributed by atoms with Crippen LogP contribution in [-0.4, -0.2) is 16.1 Å². The summed E-state index contributed by atoms with van der Waals surface area (Å²) >= 11 is 1.69. The second-order valence-corrected chi connectivity index (χ2v) is 5.58. The highest BCUT2D eigenvalue weighted by Gasteiger charge is 2.27. The second-order valence-electron chi connectivity index (χ2n) is 4.12. The molecule has 78 valence electrons. The van der Waals surface area contributed by atoms with Gasteiger partial charge in [-0.3, -0.25) is 0 Å². The normalized spacial score (nSPS) is 14.1. The van der Waals surface area contributed by atoms with Gasteiger partial charge in [-0.25, -0.2) is 0 Å². The number of benzene rings is 1. The SMILES string of the molecule is CSC(C)(C)C(O)c1cccc(C)c1. The summed E-state index contributed by atoms with van der Waals surface area (Å²) in [7, 11) is 0. The van der Waals surface area contributed by atoms with Crippen molar-refractivity contribution in [3.63, 3.8) is 0 Å². The summed E-state index contributed by atoms with van der Waals surface area (Å²) < 4.78 is -0.131. The zero-order valence-electron chi connectivity index (χ0n) is 9.24. The Morgan fingerprint density at radius 2 is 2.00 bits per heavy atom. The van der Waals surface area contributed by atoms with Crippen LogP contribution in [0.15, 0.2) is 24.3 Å². The first-order chi connectivity index (χ1) is 6.47. The maximum atomic E-state index is 10.2. The molecule has 1 nitrogen and oxygen atoms in total. The molecule has 0 bridgehead atoms. The summed E-state index contributed by atoms with van der Waals surface area (Å²) in [6, 6.07) is 8.06. The topological polar surface area (TPSA) is 20.2 Å². The largest absolute Gasteiger partial charge is 0.387 e.